The van der Waals surface area contributed by atoms with E-state index in [-0.39, 0.29) is 5.91 Å². The van der Waals surface area contributed by atoms with Crippen LogP contribution in [0.5, 0.6) is 0 Å². The topological polar surface area (TPSA) is 46.9 Å². The summed E-state index contributed by atoms with van der Waals surface area (Å²) in [6, 6.07) is 7.46. The number of hydrogen-bond donors (Lipinski definition) is 1. The first-order chi connectivity index (χ1) is 9.58. The molecule has 0 aliphatic heterocycles. The molecule has 0 unspecified atom stereocenters. The van der Waals surface area contributed by atoms with E-state index in [1.54, 1.807) is 4.68 Å². The van der Waals surface area contributed by atoms with Crippen LogP contribution >= 0.6 is 11.6 Å². The maximum absolute atomic E-state index is 12.2. The molecule has 5 heteroatoms. The van der Waals surface area contributed by atoms with Crippen molar-refractivity contribution < 1.29 is 4.79 Å². The first kappa shape index (κ1) is 14.6. The molecule has 0 saturated heterocycles. The number of aromatic nitrogens is 2. The van der Waals surface area contributed by atoms with Gasteiger partial charge in [0, 0.05) is 11.6 Å². The van der Waals surface area contributed by atoms with Crippen molar-refractivity contribution in [1.29, 1.82) is 0 Å². The van der Waals surface area contributed by atoms with Crippen molar-refractivity contribution in [2.24, 2.45) is 0 Å². The molecule has 0 aliphatic rings. The zero-order valence-corrected chi connectivity index (χ0v) is 12.7. The average Bonchev–Trinajstić information content (AvgIpc) is 2.75. The maximum Gasteiger partial charge on any atom is 0.255 e. The van der Waals surface area contributed by atoms with Crippen molar-refractivity contribution in [3.05, 3.63) is 46.2 Å². The number of nitrogens with zero attached hydrogens (tertiary/aromatic N) is 2. The van der Waals surface area contributed by atoms with Crippen molar-refractivity contribution in [3.8, 4) is 5.69 Å². The van der Waals surface area contributed by atoms with E-state index in [9.17, 15) is 4.79 Å². The van der Waals surface area contributed by atoms with Gasteiger partial charge in [0.2, 0.25) is 0 Å². The van der Waals surface area contributed by atoms with Gasteiger partial charge in [0.15, 0.2) is 0 Å². The molecule has 106 valence electrons. The third-order valence-electron chi connectivity index (χ3n) is 3.11. The standard InChI is InChI=1S/C15H18ClN3O/c1-4-13-14(15(20)17-5-2)10(3)18-19(13)12-8-6-7-11(16)9-12/h6-9H,4-5H2,1-3H3,(H,17,20). The van der Waals surface area contributed by atoms with Crippen LogP contribution in [-0.4, -0.2) is 22.2 Å². The number of carbonyl (C=O) groups excluding carboxylic acids is 1. The van der Waals surface area contributed by atoms with E-state index < -0.39 is 0 Å². The maximum atomic E-state index is 12.2. The third-order valence-corrected chi connectivity index (χ3v) is 3.34. The second-order valence-corrected chi connectivity index (χ2v) is 4.95. The minimum absolute atomic E-state index is 0.0740. The number of nitrogens with one attached hydrogen (secondary N) is 1. The van der Waals surface area contributed by atoms with Crippen LogP contribution in [0.4, 0.5) is 0 Å². The summed E-state index contributed by atoms with van der Waals surface area (Å²) in [6.07, 6.45) is 0.722. The molecule has 0 saturated carbocycles. The van der Waals surface area contributed by atoms with Crippen molar-refractivity contribution in [3.63, 3.8) is 0 Å². The zero-order chi connectivity index (χ0) is 14.7. The smallest absolute Gasteiger partial charge is 0.255 e. The van der Waals surface area contributed by atoms with Gasteiger partial charge in [0.1, 0.15) is 0 Å². The number of amides is 1. The molecule has 1 aromatic heterocycles. The lowest BCUT2D eigenvalue weighted by atomic mass is 10.1. The van der Waals surface area contributed by atoms with Crippen LogP contribution < -0.4 is 5.32 Å². The third kappa shape index (κ3) is 2.70. The van der Waals surface area contributed by atoms with Crippen LogP contribution in [0.15, 0.2) is 24.3 Å². The number of benzene rings is 1. The molecular formula is C15H18ClN3O. The second-order valence-electron chi connectivity index (χ2n) is 4.51. The van der Waals surface area contributed by atoms with Gasteiger partial charge < -0.3 is 5.32 Å². The molecule has 2 rings (SSSR count). The second kappa shape index (κ2) is 6.09. The number of aryl methyl sites for hydroxylation is 1. The van der Waals surface area contributed by atoms with E-state index in [2.05, 4.69) is 10.4 Å². The molecule has 4 nitrogen and oxygen atoms in total. The summed E-state index contributed by atoms with van der Waals surface area (Å²) >= 11 is 6.03. The lowest BCUT2D eigenvalue weighted by Crippen LogP contribution is -2.24. The average molecular weight is 292 g/mol. The minimum atomic E-state index is -0.0740. The Bertz CT molecular complexity index is 634. The highest BCUT2D eigenvalue weighted by atomic mass is 35.5. The summed E-state index contributed by atoms with van der Waals surface area (Å²) in [5.41, 5.74) is 3.16. The van der Waals surface area contributed by atoms with Crippen molar-refractivity contribution >= 4 is 17.5 Å². The predicted octanol–water partition coefficient (Wildman–Crippen LogP) is 3.15. The van der Waals surface area contributed by atoms with Gasteiger partial charge in [-0.15, -0.1) is 0 Å². The first-order valence-corrected chi connectivity index (χ1v) is 7.08. The van der Waals surface area contributed by atoms with E-state index in [0.29, 0.717) is 17.1 Å². The Morgan fingerprint density at radius 3 is 2.75 bits per heavy atom. The fourth-order valence-electron chi connectivity index (χ4n) is 2.27. The molecule has 2 aromatic rings. The molecule has 0 spiro atoms. The Balaban J connectivity index is 2.56. The Hall–Kier alpha value is -1.81. The molecule has 1 aromatic carbocycles. The highest BCUT2D eigenvalue weighted by Crippen LogP contribution is 2.21. The zero-order valence-electron chi connectivity index (χ0n) is 11.9. The molecule has 0 fully saturated rings. The molecule has 1 amide bonds. The Kier molecular flexibility index (Phi) is 4.45. The van der Waals surface area contributed by atoms with E-state index in [4.69, 9.17) is 11.6 Å². The number of rotatable bonds is 4. The SMILES string of the molecule is CCNC(=O)c1c(C)nn(-c2cccc(Cl)c2)c1CC. The molecule has 0 bridgehead atoms. The van der Waals surface area contributed by atoms with Crippen molar-refractivity contribution in [2.75, 3.05) is 6.54 Å². The van der Waals surface area contributed by atoms with Gasteiger partial charge in [-0.3, -0.25) is 4.79 Å². The van der Waals surface area contributed by atoms with E-state index >= 15 is 0 Å². The van der Waals surface area contributed by atoms with Crippen LogP contribution in [-0.2, 0) is 6.42 Å². The van der Waals surface area contributed by atoms with Gasteiger partial charge in [0.25, 0.3) is 5.91 Å². The quantitative estimate of drug-likeness (QED) is 0.940. The predicted molar refractivity (Wildman–Crippen MR) is 80.7 cm³/mol. The lowest BCUT2D eigenvalue weighted by Gasteiger charge is -2.08. The monoisotopic (exact) mass is 291 g/mol. The highest BCUT2D eigenvalue weighted by molar-refractivity contribution is 6.30. The van der Waals surface area contributed by atoms with Gasteiger partial charge in [-0.1, -0.05) is 24.6 Å². The van der Waals surface area contributed by atoms with Crippen LogP contribution in [0, 0.1) is 6.92 Å². The summed E-state index contributed by atoms with van der Waals surface area (Å²) < 4.78 is 1.80. The molecular weight excluding hydrogens is 274 g/mol. The normalized spacial score (nSPS) is 10.6. The van der Waals surface area contributed by atoms with Gasteiger partial charge in [0.05, 0.1) is 22.6 Å². The van der Waals surface area contributed by atoms with Crippen molar-refractivity contribution in [1.82, 2.24) is 15.1 Å². The molecule has 0 aliphatic carbocycles. The number of carbonyl (C=O) groups is 1. The van der Waals surface area contributed by atoms with Crippen LogP contribution in [0.1, 0.15) is 35.6 Å². The van der Waals surface area contributed by atoms with Crippen molar-refractivity contribution in [2.45, 2.75) is 27.2 Å². The van der Waals surface area contributed by atoms with Gasteiger partial charge in [-0.05, 0) is 38.5 Å². The summed E-state index contributed by atoms with van der Waals surface area (Å²) in [6.45, 7) is 6.37. The lowest BCUT2D eigenvalue weighted by molar-refractivity contribution is 0.0954. The molecule has 0 radical (unpaired) electrons. The van der Waals surface area contributed by atoms with Gasteiger partial charge in [-0.25, -0.2) is 4.68 Å². The van der Waals surface area contributed by atoms with Crippen LogP contribution in [0.2, 0.25) is 5.02 Å². The summed E-state index contributed by atoms with van der Waals surface area (Å²) in [7, 11) is 0. The Morgan fingerprint density at radius 2 is 2.15 bits per heavy atom. The Labute approximate surface area is 123 Å². The minimum Gasteiger partial charge on any atom is -0.352 e. The van der Waals surface area contributed by atoms with E-state index in [1.807, 2.05) is 45.0 Å². The van der Waals surface area contributed by atoms with Crippen LogP contribution in [0.25, 0.3) is 5.69 Å². The molecule has 20 heavy (non-hydrogen) atoms. The molecule has 0 atom stereocenters. The summed E-state index contributed by atoms with van der Waals surface area (Å²) in [5, 5.41) is 7.98. The van der Waals surface area contributed by atoms with E-state index in [0.717, 1.165) is 23.5 Å². The summed E-state index contributed by atoms with van der Waals surface area (Å²) in [5.74, 6) is -0.0740. The van der Waals surface area contributed by atoms with Crippen LogP contribution in [0.3, 0.4) is 0 Å². The Morgan fingerprint density at radius 1 is 1.40 bits per heavy atom. The number of hydrogen-bond acceptors (Lipinski definition) is 2. The van der Waals surface area contributed by atoms with E-state index in [1.165, 1.54) is 0 Å². The largest absolute Gasteiger partial charge is 0.352 e. The number of halogens is 1. The van der Waals surface area contributed by atoms with Gasteiger partial charge >= 0.3 is 0 Å². The fourth-order valence-corrected chi connectivity index (χ4v) is 2.45. The van der Waals surface area contributed by atoms with Gasteiger partial charge in [-0.2, -0.15) is 5.10 Å². The fraction of sp³-hybridized carbons (Fsp3) is 0.333. The first-order valence-electron chi connectivity index (χ1n) is 6.71. The molecule has 1 N–H and O–H groups in total. The molecule has 1 heterocycles. The highest BCUT2D eigenvalue weighted by Gasteiger charge is 2.20. The summed E-state index contributed by atoms with van der Waals surface area (Å²) in [4.78, 5) is 12.2.